The lowest BCUT2D eigenvalue weighted by molar-refractivity contribution is -0.150. The summed E-state index contributed by atoms with van der Waals surface area (Å²) in [4.78, 5) is 36.8. The minimum atomic E-state index is -3.60. The molecule has 1 heterocycles. The first-order valence-corrected chi connectivity index (χ1v) is 11.9. The van der Waals surface area contributed by atoms with Crippen LogP contribution in [-0.2, 0) is 24.3 Å². The van der Waals surface area contributed by atoms with Crippen LogP contribution in [0.4, 0.5) is 5.69 Å². The van der Waals surface area contributed by atoms with E-state index in [-0.39, 0.29) is 16.6 Å². The fourth-order valence-electron chi connectivity index (χ4n) is 2.96. The van der Waals surface area contributed by atoms with Gasteiger partial charge in [0, 0.05) is 18.8 Å². The van der Waals surface area contributed by atoms with Gasteiger partial charge in [-0.05, 0) is 42.3 Å². The van der Waals surface area contributed by atoms with Gasteiger partial charge in [-0.3, -0.25) is 9.59 Å². The Balaban J connectivity index is 1.93. The number of amides is 2. The molecule has 1 unspecified atom stereocenters. The third-order valence-corrected chi connectivity index (χ3v) is 6.84. The van der Waals surface area contributed by atoms with Crippen LogP contribution in [-0.4, -0.2) is 56.2 Å². The first-order valence-electron chi connectivity index (χ1n) is 10.5. The molecule has 2 rings (SSSR count). The average molecular weight is 480 g/mol. The number of ether oxygens (including phenoxy) is 1. The van der Waals surface area contributed by atoms with E-state index in [2.05, 4.69) is 10.6 Å². The molecule has 2 N–H and O–H groups in total. The zero-order valence-corrected chi connectivity index (χ0v) is 19.8. The van der Waals surface area contributed by atoms with Gasteiger partial charge in [-0.2, -0.15) is 4.31 Å². The van der Waals surface area contributed by atoms with Gasteiger partial charge in [-0.25, -0.2) is 13.2 Å². The maximum absolute atomic E-state index is 12.5. The van der Waals surface area contributed by atoms with Crippen LogP contribution in [0.15, 0.2) is 52.0 Å². The predicted octanol–water partition coefficient (Wildman–Crippen LogP) is 2.25. The van der Waals surface area contributed by atoms with Gasteiger partial charge in [0.25, 0.3) is 11.8 Å². The van der Waals surface area contributed by atoms with E-state index in [9.17, 15) is 22.8 Å². The fraction of sp³-hybridized carbons (Fsp3) is 0.409. The number of carbonyl (C=O) groups is 3. The molecule has 0 radical (unpaired) electrons. The molecule has 0 saturated carbocycles. The second-order valence-electron chi connectivity index (χ2n) is 7.44. The molecular weight excluding hydrogens is 450 g/mol. The molecule has 0 aliphatic heterocycles. The number of hydrogen-bond donors (Lipinski definition) is 2. The number of nitrogens with one attached hydrogen (secondary N) is 2. The molecule has 0 saturated heterocycles. The van der Waals surface area contributed by atoms with Gasteiger partial charge in [-0.1, -0.05) is 27.7 Å². The number of rotatable bonds is 11. The van der Waals surface area contributed by atoms with E-state index in [1.807, 2.05) is 0 Å². The quantitative estimate of drug-likeness (QED) is 0.472. The number of benzene rings is 1. The number of esters is 1. The van der Waals surface area contributed by atoms with Crippen LogP contribution in [0.5, 0.6) is 0 Å². The summed E-state index contributed by atoms with van der Waals surface area (Å²) < 4.78 is 36.4. The van der Waals surface area contributed by atoms with Crippen molar-refractivity contribution in [1.82, 2.24) is 9.62 Å². The normalized spacial score (nSPS) is 12.4. The molecule has 2 amide bonds. The lowest BCUT2D eigenvalue weighted by Crippen LogP contribution is -2.45. The third-order valence-electron chi connectivity index (χ3n) is 4.78. The van der Waals surface area contributed by atoms with Gasteiger partial charge in [0.1, 0.15) is 6.04 Å². The SMILES string of the molecule is CCN(CC)S(=O)(=O)c1ccc(NC(=O)COC(=O)C(NC(=O)c2ccco2)C(C)C)cc1. The second kappa shape index (κ2) is 11.6. The monoisotopic (exact) mass is 479 g/mol. The number of carbonyl (C=O) groups excluding carboxylic acids is 3. The molecule has 0 fully saturated rings. The Morgan fingerprint density at radius 3 is 2.21 bits per heavy atom. The summed E-state index contributed by atoms with van der Waals surface area (Å²) in [5.74, 6) is -2.18. The van der Waals surface area contributed by atoms with Crippen molar-refractivity contribution in [1.29, 1.82) is 0 Å². The molecule has 1 aromatic carbocycles. The predicted molar refractivity (Wildman–Crippen MR) is 121 cm³/mol. The minimum absolute atomic E-state index is 0.0534. The Labute approximate surface area is 193 Å². The highest BCUT2D eigenvalue weighted by atomic mass is 32.2. The Morgan fingerprint density at radius 2 is 1.70 bits per heavy atom. The van der Waals surface area contributed by atoms with E-state index in [0.29, 0.717) is 18.8 Å². The minimum Gasteiger partial charge on any atom is -0.459 e. The molecular formula is C22H29N3O7S. The summed E-state index contributed by atoms with van der Waals surface area (Å²) in [6, 6.07) is 7.74. The highest BCUT2D eigenvalue weighted by Gasteiger charge is 2.27. The molecule has 0 spiro atoms. The summed E-state index contributed by atoms with van der Waals surface area (Å²) in [5, 5.41) is 5.07. The third kappa shape index (κ3) is 6.90. The van der Waals surface area contributed by atoms with Crippen LogP contribution >= 0.6 is 0 Å². The largest absolute Gasteiger partial charge is 0.459 e. The van der Waals surface area contributed by atoms with Gasteiger partial charge < -0.3 is 19.8 Å². The van der Waals surface area contributed by atoms with Crippen LogP contribution < -0.4 is 10.6 Å². The highest BCUT2D eigenvalue weighted by molar-refractivity contribution is 7.89. The number of hydrogen-bond acceptors (Lipinski definition) is 7. The van der Waals surface area contributed by atoms with Crippen molar-refractivity contribution in [3.8, 4) is 0 Å². The van der Waals surface area contributed by atoms with Crippen LogP contribution in [0, 0.1) is 5.92 Å². The van der Waals surface area contributed by atoms with E-state index in [1.54, 1.807) is 33.8 Å². The molecule has 0 aliphatic rings. The fourth-order valence-corrected chi connectivity index (χ4v) is 4.42. The number of furan rings is 1. The molecule has 33 heavy (non-hydrogen) atoms. The molecule has 1 atom stereocenters. The molecule has 180 valence electrons. The van der Waals surface area contributed by atoms with E-state index >= 15 is 0 Å². The molecule has 0 aliphatic carbocycles. The van der Waals surface area contributed by atoms with Crippen LogP contribution in [0.2, 0.25) is 0 Å². The zero-order valence-electron chi connectivity index (χ0n) is 19.0. The summed E-state index contributed by atoms with van der Waals surface area (Å²) in [5.41, 5.74) is 0.348. The molecule has 1 aromatic heterocycles. The van der Waals surface area contributed by atoms with E-state index in [0.717, 1.165) is 0 Å². The summed E-state index contributed by atoms with van der Waals surface area (Å²) in [7, 11) is -3.60. The van der Waals surface area contributed by atoms with Gasteiger partial charge in [-0.15, -0.1) is 0 Å². The van der Waals surface area contributed by atoms with Crippen LogP contribution in [0.3, 0.4) is 0 Å². The standard InChI is InChI=1S/C22H29N3O7S/c1-5-25(6-2)33(29,30)17-11-9-16(10-12-17)23-19(26)14-32-22(28)20(15(3)4)24-21(27)18-8-7-13-31-18/h7-13,15,20H,5-6,14H2,1-4H3,(H,23,26)(H,24,27). The van der Waals surface area contributed by atoms with Gasteiger partial charge in [0.2, 0.25) is 10.0 Å². The van der Waals surface area contributed by atoms with E-state index < -0.39 is 40.5 Å². The van der Waals surface area contributed by atoms with Crippen molar-refractivity contribution in [3.05, 3.63) is 48.4 Å². The van der Waals surface area contributed by atoms with Gasteiger partial charge in [0.05, 0.1) is 11.2 Å². The van der Waals surface area contributed by atoms with Gasteiger partial charge >= 0.3 is 5.97 Å². The molecule has 11 heteroatoms. The smallest absolute Gasteiger partial charge is 0.329 e. The summed E-state index contributed by atoms with van der Waals surface area (Å²) in [6.45, 7) is 7.08. The van der Waals surface area contributed by atoms with E-state index in [4.69, 9.17) is 9.15 Å². The second-order valence-corrected chi connectivity index (χ2v) is 9.38. The Bertz CT molecular complexity index is 1040. The first-order chi connectivity index (χ1) is 15.6. The topological polar surface area (TPSA) is 135 Å². The van der Waals surface area contributed by atoms with Crippen molar-refractivity contribution < 1.29 is 32.0 Å². The van der Waals surface area contributed by atoms with Crippen molar-refractivity contribution in [2.75, 3.05) is 25.0 Å². The summed E-state index contributed by atoms with van der Waals surface area (Å²) >= 11 is 0. The lowest BCUT2D eigenvalue weighted by Gasteiger charge is -2.20. The van der Waals surface area contributed by atoms with Crippen molar-refractivity contribution in [2.45, 2.75) is 38.6 Å². The average Bonchev–Trinajstić information content (AvgIpc) is 3.31. The maximum Gasteiger partial charge on any atom is 0.329 e. The lowest BCUT2D eigenvalue weighted by atomic mass is 10.0. The first kappa shape index (κ1) is 26.1. The number of nitrogens with zero attached hydrogens (tertiary/aromatic N) is 1. The molecule has 0 bridgehead atoms. The van der Waals surface area contributed by atoms with E-state index in [1.165, 1.54) is 40.9 Å². The van der Waals surface area contributed by atoms with Crippen LogP contribution in [0.25, 0.3) is 0 Å². The highest BCUT2D eigenvalue weighted by Crippen LogP contribution is 2.18. The Kier molecular flexibility index (Phi) is 9.18. The molecule has 10 nitrogen and oxygen atoms in total. The van der Waals surface area contributed by atoms with Crippen LogP contribution in [0.1, 0.15) is 38.2 Å². The number of sulfonamides is 1. The van der Waals surface area contributed by atoms with Crippen molar-refractivity contribution in [2.24, 2.45) is 5.92 Å². The summed E-state index contributed by atoms with van der Waals surface area (Å²) in [6.07, 6.45) is 1.34. The zero-order chi connectivity index (χ0) is 24.6. The Hall–Kier alpha value is -3.18. The Morgan fingerprint density at radius 1 is 1.06 bits per heavy atom. The molecule has 2 aromatic rings. The number of anilines is 1. The van der Waals surface area contributed by atoms with Crippen molar-refractivity contribution >= 4 is 33.5 Å². The van der Waals surface area contributed by atoms with Crippen molar-refractivity contribution in [3.63, 3.8) is 0 Å². The van der Waals surface area contributed by atoms with Gasteiger partial charge in [0.15, 0.2) is 12.4 Å². The maximum atomic E-state index is 12.5.